The van der Waals surface area contributed by atoms with Crippen LogP contribution in [0.3, 0.4) is 0 Å². The number of hydrogen-bond acceptors (Lipinski definition) is 5. The van der Waals surface area contributed by atoms with E-state index >= 15 is 0 Å². The summed E-state index contributed by atoms with van der Waals surface area (Å²) in [4.78, 5) is 31.2. The molecular weight excluding hydrogens is 308 g/mol. The molecule has 1 saturated carbocycles. The Morgan fingerprint density at radius 1 is 1.42 bits per heavy atom. The Kier molecular flexibility index (Phi) is 3.41. The third-order valence-electron chi connectivity index (χ3n) is 4.08. The van der Waals surface area contributed by atoms with Crippen LogP contribution in [0.25, 0.3) is 16.9 Å². The SMILES string of the molecule is CCOC(=O)c1cnn(-c2nc3ccc(C4CC4)cc3c(=O)[nH]2)c1. The highest BCUT2D eigenvalue weighted by atomic mass is 16.5. The molecule has 7 heteroatoms. The molecule has 0 unspecified atom stereocenters. The molecule has 1 aliphatic rings. The van der Waals surface area contributed by atoms with Crippen LogP contribution in [-0.2, 0) is 4.74 Å². The van der Waals surface area contributed by atoms with Crippen molar-refractivity contribution in [1.29, 1.82) is 0 Å². The van der Waals surface area contributed by atoms with Crippen LogP contribution in [0.4, 0.5) is 0 Å². The van der Waals surface area contributed by atoms with E-state index in [2.05, 4.69) is 15.1 Å². The molecule has 0 spiro atoms. The van der Waals surface area contributed by atoms with Gasteiger partial charge in [0.2, 0.25) is 5.95 Å². The zero-order chi connectivity index (χ0) is 16.7. The Bertz CT molecular complexity index is 985. The Balaban J connectivity index is 1.73. The average molecular weight is 324 g/mol. The van der Waals surface area contributed by atoms with E-state index < -0.39 is 5.97 Å². The summed E-state index contributed by atoms with van der Waals surface area (Å²) in [5.74, 6) is 0.384. The van der Waals surface area contributed by atoms with Gasteiger partial charge >= 0.3 is 5.97 Å². The van der Waals surface area contributed by atoms with Crippen molar-refractivity contribution in [1.82, 2.24) is 19.7 Å². The number of rotatable bonds is 4. The Morgan fingerprint density at radius 2 is 2.25 bits per heavy atom. The van der Waals surface area contributed by atoms with Crippen molar-refractivity contribution in [3.8, 4) is 5.95 Å². The minimum atomic E-state index is -0.457. The number of carbonyl (C=O) groups is 1. The van der Waals surface area contributed by atoms with Crippen molar-refractivity contribution in [2.45, 2.75) is 25.7 Å². The predicted octanol–water partition coefficient (Wildman–Crippen LogP) is 2.16. The smallest absolute Gasteiger partial charge is 0.341 e. The number of H-pyrrole nitrogens is 1. The van der Waals surface area contributed by atoms with Crippen LogP contribution in [0, 0.1) is 0 Å². The lowest BCUT2D eigenvalue weighted by Gasteiger charge is -2.04. The number of fused-ring (bicyclic) bond motifs is 1. The summed E-state index contributed by atoms with van der Waals surface area (Å²) in [5.41, 5.74) is 1.88. The second-order valence-electron chi connectivity index (χ2n) is 5.83. The fourth-order valence-corrected chi connectivity index (χ4v) is 2.68. The van der Waals surface area contributed by atoms with Crippen molar-refractivity contribution in [2.75, 3.05) is 6.61 Å². The van der Waals surface area contributed by atoms with Crippen LogP contribution in [0.15, 0.2) is 35.4 Å². The number of carbonyl (C=O) groups excluding carboxylic acids is 1. The van der Waals surface area contributed by atoms with Crippen LogP contribution >= 0.6 is 0 Å². The van der Waals surface area contributed by atoms with Gasteiger partial charge in [-0.1, -0.05) is 6.07 Å². The molecule has 2 aromatic heterocycles. The second kappa shape index (κ2) is 5.59. The molecule has 1 N–H and O–H groups in total. The van der Waals surface area contributed by atoms with Crippen LogP contribution in [0.5, 0.6) is 0 Å². The summed E-state index contributed by atoms with van der Waals surface area (Å²) in [5, 5.41) is 4.65. The van der Waals surface area contributed by atoms with E-state index in [9.17, 15) is 9.59 Å². The first-order chi connectivity index (χ1) is 11.7. The standard InChI is InChI=1S/C17H16N4O3/c1-2-24-16(23)12-8-18-21(9-12)17-19-14-6-5-11(10-3-4-10)7-13(14)15(22)20-17/h5-10H,2-4H2,1H3,(H,19,20,22). The zero-order valence-electron chi connectivity index (χ0n) is 13.2. The van der Waals surface area contributed by atoms with Gasteiger partial charge in [0.15, 0.2) is 0 Å². The molecule has 0 saturated heterocycles. The molecule has 0 bridgehead atoms. The van der Waals surface area contributed by atoms with Gasteiger partial charge < -0.3 is 4.74 Å². The first kappa shape index (κ1) is 14.6. The minimum absolute atomic E-state index is 0.217. The topological polar surface area (TPSA) is 89.9 Å². The highest BCUT2D eigenvalue weighted by molar-refractivity contribution is 5.88. The maximum absolute atomic E-state index is 12.4. The van der Waals surface area contributed by atoms with E-state index in [1.807, 2.05) is 18.2 Å². The molecule has 122 valence electrons. The first-order valence-electron chi connectivity index (χ1n) is 7.92. The van der Waals surface area contributed by atoms with Crippen LogP contribution in [0.1, 0.15) is 41.6 Å². The van der Waals surface area contributed by atoms with E-state index in [-0.39, 0.29) is 11.5 Å². The number of aromatic amines is 1. The minimum Gasteiger partial charge on any atom is -0.462 e. The van der Waals surface area contributed by atoms with Gasteiger partial charge in [-0.05, 0) is 43.4 Å². The summed E-state index contributed by atoms with van der Waals surface area (Å²) in [6.45, 7) is 2.03. The third kappa shape index (κ3) is 2.58. The normalized spacial score (nSPS) is 14.0. The van der Waals surface area contributed by atoms with Crippen molar-refractivity contribution < 1.29 is 9.53 Å². The van der Waals surface area contributed by atoms with E-state index in [1.54, 1.807) is 6.92 Å². The van der Waals surface area contributed by atoms with E-state index in [0.717, 1.165) is 0 Å². The summed E-state index contributed by atoms with van der Waals surface area (Å²) in [7, 11) is 0. The monoisotopic (exact) mass is 324 g/mol. The number of aromatic nitrogens is 4. The number of ether oxygens (including phenoxy) is 1. The lowest BCUT2D eigenvalue weighted by molar-refractivity contribution is 0.0526. The number of benzene rings is 1. The Morgan fingerprint density at radius 3 is 3.00 bits per heavy atom. The molecule has 1 fully saturated rings. The lowest BCUT2D eigenvalue weighted by Crippen LogP contribution is -2.14. The molecule has 0 aliphatic heterocycles. The molecule has 4 rings (SSSR count). The summed E-state index contributed by atoms with van der Waals surface area (Å²) in [6.07, 6.45) is 5.23. The predicted molar refractivity (Wildman–Crippen MR) is 87.4 cm³/mol. The molecule has 24 heavy (non-hydrogen) atoms. The molecule has 7 nitrogen and oxygen atoms in total. The maximum Gasteiger partial charge on any atom is 0.341 e. The Labute approximate surface area is 137 Å². The second-order valence-corrected chi connectivity index (χ2v) is 5.83. The quantitative estimate of drug-likeness (QED) is 0.743. The highest BCUT2D eigenvalue weighted by Crippen LogP contribution is 2.40. The van der Waals surface area contributed by atoms with Gasteiger partial charge in [-0.15, -0.1) is 0 Å². The maximum atomic E-state index is 12.4. The third-order valence-corrected chi connectivity index (χ3v) is 4.08. The van der Waals surface area contributed by atoms with Gasteiger partial charge in [0.25, 0.3) is 5.56 Å². The van der Waals surface area contributed by atoms with Crippen molar-refractivity contribution in [3.63, 3.8) is 0 Å². The fourth-order valence-electron chi connectivity index (χ4n) is 2.68. The summed E-state index contributed by atoms with van der Waals surface area (Å²) in [6, 6.07) is 5.79. The average Bonchev–Trinajstić information content (AvgIpc) is 3.31. The number of esters is 1. The molecule has 1 aliphatic carbocycles. The lowest BCUT2D eigenvalue weighted by atomic mass is 10.1. The highest BCUT2D eigenvalue weighted by Gasteiger charge is 2.24. The number of nitrogens with zero attached hydrogens (tertiary/aromatic N) is 3. The van der Waals surface area contributed by atoms with Gasteiger partial charge in [-0.3, -0.25) is 9.78 Å². The number of hydrogen-bond donors (Lipinski definition) is 1. The molecule has 3 aromatic rings. The molecule has 1 aromatic carbocycles. The summed E-state index contributed by atoms with van der Waals surface area (Å²) >= 11 is 0. The van der Waals surface area contributed by atoms with Crippen molar-refractivity contribution in [2.24, 2.45) is 0 Å². The summed E-state index contributed by atoms with van der Waals surface area (Å²) < 4.78 is 6.29. The van der Waals surface area contributed by atoms with Crippen molar-refractivity contribution >= 4 is 16.9 Å². The fraction of sp³-hybridized carbons (Fsp3) is 0.294. The van der Waals surface area contributed by atoms with Gasteiger partial charge in [0.05, 0.1) is 29.3 Å². The molecular formula is C17H16N4O3. The van der Waals surface area contributed by atoms with E-state index in [0.29, 0.717) is 29.0 Å². The van der Waals surface area contributed by atoms with Crippen molar-refractivity contribution in [3.05, 3.63) is 52.1 Å². The van der Waals surface area contributed by atoms with Crippen LogP contribution in [0.2, 0.25) is 0 Å². The van der Waals surface area contributed by atoms with E-state index in [4.69, 9.17) is 4.74 Å². The van der Waals surface area contributed by atoms with Gasteiger partial charge in [-0.25, -0.2) is 14.5 Å². The molecule has 0 atom stereocenters. The molecule has 0 radical (unpaired) electrons. The largest absolute Gasteiger partial charge is 0.462 e. The van der Waals surface area contributed by atoms with Crippen LogP contribution < -0.4 is 5.56 Å². The first-order valence-corrected chi connectivity index (χ1v) is 7.92. The van der Waals surface area contributed by atoms with Gasteiger partial charge in [0, 0.05) is 6.20 Å². The van der Waals surface area contributed by atoms with Crippen LogP contribution in [-0.4, -0.2) is 32.3 Å². The number of nitrogens with one attached hydrogen (secondary N) is 1. The van der Waals surface area contributed by atoms with Gasteiger partial charge in [-0.2, -0.15) is 5.10 Å². The zero-order valence-corrected chi connectivity index (χ0v) is 13.2. The van der Waals surface area contributed by atoms with Gasteiger partial charge in [0.1, 0.15) is 0 Å². The molecule has 0 amide bonds. The van der Waals surface area contributed by atoms with E-state index in [1.165, 1.54) is 35.5 Å². The molecule has 2 heterocycles. The Hall–Kier alpha value is -2.96.